The molecule has 0 aliphatic carbocycles. The smallest absolute Gasteiger partial charge is 0.323 e. The molecule has 2 N–H and O–H groups in total. The Kier molecular flexibility index (Phi) is 9.06. The van der Waals surface area contributed by atoms with Crippen molar-refractivity contribution in [3.63, 3.8) is 0 Å². The maximum Gasteiger partial charge on any atom is 0.323 e. The number of carboxylic acids is 1. The molecular weight excluding hydrogens is 252 g/mol. The summed E-state index contributed by atoms with van der Waals surface area (Å²) in [5.74, 6) is -0.0781. The van der Waals surface area contributed by atoms with Crippen LogP contribution in [-0.4, -0.2) is 47.2 Å². The van der Waals surface area contributed by atoms with Gasteiger partial charge in [-0.1, -0.05) is 20.8 Å². The van der Waals surface area contributed by atoms with E-state index in [1.807, 2.05) is 6.92 Å². The van der Waals surface area contributed by atoms with Crippen LogP contribution < -0.4 is 5.32 Å². The van der Waals surface area contributed by atoms with Crippen LogP contribution in [0, 0.1) is 5.92 Å². The lowest BCUT2D eigenvalue weighted by atomic mass is 9.94. The Morgan fingerprint density at radius 2 is 1.85 bits per heavy atom. The molecule has 0 saturated carbocycles. The van der Waals surface area contributed by atoms with Gasteiger partial charge in [0.15, 0.2) is 0 Å². The summed E-state index contributed by atoms with van der Waals surface area (Å²) in [6, 6.07) is 0.553. The van der Waals surface area contributed by atoms with Gasteiger partial charge in [-0.25, -0.2) is 0 Å². The Hall–Kier alpha value is -0.610. The Morgan fingerprint density at radius 3 is 2.25 bits per heavy atom. The SMILES string of the molecule is CCNC(C)(CCCCN(CC(C)C)C(C)C)C(=O)O. The third-order valence-electron chi connectivity index (χ3n) is 3.74. The topological polar surface area (TPSA) is 52.6 Å². The Balaban J connectivity index is 4.18. The minimum absolute atomic E-state index is 0.553. The number of carbonyl (C=O) groups is 1. The third-order valence-corrected chi connectivity index (χ3v) is 3.74. The second-order valence-electron chi connectivity index (χ2n) is 6.61. The molecule has 0 radical (unpaired) electrons. The number of carboxylic acid groups (broad SMARTS) is 1. The maximum atomic E-state index is 11.3. The fourth-order valence-electron chi connectivity index (χ4n) is 2.48. The number of hydrogen-bond acceptors (Lipinski definition) is 3. The van der Waals surface area contributed by atoms with Crippen molar-refractivity contribution in [3.8, 4) is 0 Å². The Bertz CT molecular complexity index is 280. The van der Waals surface area contributed by atoms with Gasteiger partial charge in [0.2, 0.25) is 0 Å². The second kappa shape index (κ2) is 9.35. The first-order valence-electron chi connectivity index (χ1n) is 7.95. The van der Waals surface area contributed by atoms with Gasteiger partial charge >= 0.3 is 5.97 Å². The van der Waals surface area contributed by atoms with Gasteiger partial charge in [-0.2, -0.15) is 0 Å². The summed E-state index contributed by atoms with van der Waals surface area (Å²) < 4.78 is 0. The van der Waals surface area contributed by atoms with Crippen molar-refractivity contribution in [2.75, 3.05) is 19.6 Å². The number of aliphatic carboxylic acids is 1. The van der Waals surface area contributed by atoms with E-state index in [0.29, 0.717) is 24.9 Å². The summed E-state index contributed by atoms with van der Waals surface area (Å²) >= 11 is 0. The average Bonchev–Trinajstić information content (AvgIpc) is 2.32. The lowest BCUT2D eigenvalue weighted by Gasteiger charge is -2.29. The molecule has 0 fully saturated rings. The highest BCUT2D eigenvalue weighted by Crippen LogP contribution is 2.15. The van der Waals surface area contributed by atoms with E-state index < -0.39 is 11.5 Å². The monoisotopic (exact) mass is 286 g/mol. The number of nitrogens with one attached hydrogen (secondary N) is 1. The van der Waals surface area contributed by atoms with E-state index in [2.05, 4.69) is 37.9 Å². The van der Waals surface area contributed by atoms with E-state index in [1.165, 1.54) is 0 Å². The molecule has 0 bridgehead atoms. The van der Waals surface area contributed by atoms with E-state index in [0.717, 1.165) is 25.9 Å². The zero-order valence-corrected chi connectivity index (χ0v) is 14.2. The lowest BCUT2D eigenvalue weighted by molar-refractivity contribution is -0.144. The molecule has 1 unspecified atom stereocenters. The third kappa shape index (κ3) is 7.25. The quantitative estimate of drug-likeness (QED) is 0.573. The van der Waals surface area contributed by atoms with Crippen molar-refractivity contribution >= 4 is 5.97 Å². The first-order chi connectivity index (χ1) is 9.23. The van der Waals surface area contributed by atoms with Crippen molar-refractivity contribution < 1.29 is 9.90 Å². The largest absolute Gasteiger partial charge is 0.480 e. The minimum atomic E-state index is -0.782. The number of likely N-dealkylation sites (N-methyl/N-ethyl adjacent to an activating group) is 1. The van der Waals surface area contributed by atoms with E-state index in [-0.39, 0.29) is 0 Å². The molecule has 0 spiro atoms. The predicted octanol–water partition coefficient (Wildman–Crippen LogP) is 2.98. The van der Waals surface area contributed by atoms with Gasteiger partial charge < -0.3 is 15.3 Å². The van der Waals surface area contributed by atoms with Gasteiger partial charge in [-0.3, -0.25) is 4.79 Å². The van der Waals surface area contributed by atoms with Crippen LogP contribution in [-0.2, 0) is 4.79 Å². The van der Waals surface area contributed by atoms with Crippen LogP contribution in [0.25, 0.3) is 0 Å². The highest BCUT2D eigenvalue weighted by atomic mass is 16.4. The highest BCUT2D eigenvalue weighted by Gasteiger charge is 2.31. The zero-order chi connectivity index (χ0) is 15.8. The molecule has 0 saturated heterocycles. The van der Waals surface area contributed by atoms with Crippen molar-refractivity contribution in [1.29, 1.82) is 0 Å². The molecule has 0 aromatic rings. The molecule has 0 aromatic carbocycles. The number of rotatable bonds is 11. The van der Waals surface area contributed by atoms with Gasteiger partial charge in [0, 0.05) is 12.6 Å². The molecule has 0 aliphatic heterocycles. The fraction of sp³-hybridized carbons (Fsp3) is 0.938. The highest BCUT2D eigenvalue weighted by molar-refractivity contribution is 5.78. The molecule has 0 rings (SSSR count). The van der Waals surface area contributed by atoms with Gasteiger partial charge in [0.1, 0.15) is 5.54 Å². The van der Waals surface area contributed by atoms with Crippen molar-refractivity contribution in [1.82, 2.24) is 10.2 Å². The van der Waals surface area contributed by atoms with Crippen LogP contribution in [0.3, 0.4) is 0 Å². The van der Waals surface area contributed by atoms with Crippen LogP contribution in [0.15, 0.2) is 0 Å². The molecule has 20 heavy (non-hydrogen) atoms. The van der Waals surface area contributed by atoms with Crippen LogP contribution in [0.4, 0.5) is 0 Å². The van der Waals surface area contributed by atoms with Crippen LogP contribution >= 0.6 is 0 Å². The lowest BCUT2D eigenvalue weighted by Crippen LogP contribution is -2.49. The molecule has 0 aromatic heterocycles. The first kappa shape index (κ1) is 19.4. The van der Waals surface area contributed by atoms with Crippen LogP contribution in [0.1, 0.15) is 60.8 Å². The number of hydrogen-bond donors (Lipinski definition) is 2. The standard InChI is InChI=1S/C16H34N2O2/c1-7-17-16(6,15(19)20)10-8-9-11-18(14(4)5)12-13(2)3/h13-14,17H,7-12H2,1-6H3,(H,19,20). The van der Waals surface area contributed by atoms with Crippen molar-refractivity contribution in [2.45, 2.75) is 72.4 Å². The summed E-state index contributed by atoms with van der Waals surface area (Å²) in [5, 5.41) is 12.4. The normalized spacial score (nSPS) is 15.1. The summed E-state index contributed by atoms with van der Waals surface area (Å²) in [6.07, 6.45) is 2.68. The molecule has 0 aliphatic rings. The first-order valence-corrected chi connectivity index (χ1v) is 7.95. The van der Waals surface area contributed by atoms with Crippen LogP contribution in [0.5, 0.6) is 0 Å². The molecular formula is C16H34N2O2. The Morgan fingerprint density at radius 1 is 1.25 bits per heavy atom. The molecule has 0 amide bonds. The average molecular weight is 286 g/mol. The summed E-state index contributed by atoms with van der Waals surface area (Å²) in [4.78, 5) is 13.8. The molecule has 0 heterocycles. The van der Waals surface area contributed by atoms with E-state index >= 15 is 0 Å². The van der Waals surface area contributed by atoms with Crippen molar-refractivity contribution in [3.05, 3.63) is 0 Å². The van der Waals surface area contributed by atoms with Gasteiger partial charge in [0.05, 0.1) is 0 Å². The summed E-state index contributed by atoms with van der Waals surface area (Å²) in [5.41, 5.74) is -0.782. The second-order valence-corrected chi connectivity index (χ2v) is 6.61. The summed E-state index contributed by atoms with van der Waals surface area (Å²) in [6.45, 7) is 15.5. The van der Waals surface area contributed by atoms with Crippen molar-refractivity contribution in [2.24, 2.45) is 5.92 Å². The molecule has 120 valence electrons. The van der Waals surface area contributed by atoms with Gasteiger partial charge in [0.25, 0.3) is 0 Å². The molecule has 1 atom stereocenters. The Labute approximate surface area is 124 Å². The summed E-state index contributed by atoms with van der Waals surface area (Å²) in [7, 11) is 0. The minimum Gasteiger partial charge on any atom is -0.480 e. The predicted molar refractivity (Wildman–Crippen MR) is 85.1 cm³/mol. The van der Waals surface area contributed by atoms with E-state index in [1.54, 1.807) is 6.92 Å². The van der Waals surface area contributed by atoms with Gasteiger partial charge in [-0.05, 0) is 59.0 Å². The van der Waals surface area contributed by atoms with Crippen LogP contribution in [0.2, 0.25) is 0 Å². The number of unbranched alkanes of at least 4 members (excludes halogenated alkanes) is 1. The van der Waals surface area contributed by atoms with E-state index in [4.69, 9.17) is 0 Å². The zero-order valence-electron chi connectivity index (χ0n) is 14.2. The maximum absolute atomic E-state index is 11.3. The van der Waals surface area contributed by atoms with E-state index in [9.17, 15) is 9.90 Å². The number of nitrogens with zero attached hydrogens (tertiary/aromatic N) is 1. The molecule has 4 nitrogen and oxygen atoms in total. The van der Waals surface area contributed by atoms with Gasteiger partial charge in [-0.15, -0.1) is 0 Å². The molecule has 4 heteroatoms. The fourth-order valence-corrected chi connectivity index (χ4v) is 2.48.